The van der Waals surface area contributed by atoms with Crippen molar-refractivity contribution in [2.75, 3.05) is 13.6 Å². The van der Waals surface area contributed by atoms with Crippen molar-refractivity contribution >= 4 is 17.6 Å². The van der Waals surface area contributed by atoms with Gasteiger partial charge >= 0.3 is 5.97 Å². The highest BCUT2D eigenvalue weighted by Gasteiger charge is 2.17. The van der Waals surface area contributed by atoms with Crippen LogP contribution in [0.5, 0.6) is 0 Å². The lowest BCUT2D eigenvalue weighted by Crippen LogP contribution is -3.08. The molecule has 2 atom stereocenters. The molecule has 0 fully saturated rings. The molecule has 0 aliphatic carbocycles. The summed E-state index contributed by atoms with van der Waals surface area (Å²) < 4.78 is 5.48. The smallest absolute Gasteiger partial charge is 0.340 e. The summed E-state index contributed by atoms with van der Waals surface area (Å²) in [6.07, 6.45) is -0.174. The minimum Gasteiger partial charge on any atom is -0.453 e. The number of hydrogen-bond donors (Lipinski definition) is 1. The Balaban J connectivity index is 1.86. The van der Waals surface area contributed by atoms with Crippen molar-refractivity contribution in [1.82, 2.24) is 0 Å². The molecule has 0 radical (unpaired) electrons. The van der Waals surface area contributed by atoms with Crippen molar-refractivity contribution in [3.8, 4) is 0 Å². The number of halogens is 1. The van der Waals surface area contributed by atoms with Crippen molar-refractivity contribution in [2.24, 2.45) is 0 Å². The molecule has 0 aliphatic heterocycles. The molecule has 0 heterocycles. The molecule has 1 unspecified atom stereocenters. The van der Waals surface area contributed by atoms with E-state index in [1.165, 1.54) is 10.5 Å². The van der Waals surface area contributed by atoms with Gasteiger partial charge in [0.25, 0.3) is 0 Å². The zero-order valence-electron chi connectivity index (χ0n) is 12.9. The lowest BCUT2D eigenvalue weighted by atomic mass is 10.2. The van der Waals surface area contributed by atoms with Crippen LogP contribution in [0.25, 0.3) is 0 Å². The van der Waals surface area contributed by atoms with Crippen LogP contribution in [0.2, 0.25) is 5.02 Å². The van der Waals surface area contributed by atoms with E-state index in [9.17, 15) is 4.79 Å². The van der Waals surface area contributed by atoms with Crippen LogP contribution in [0, 0.1) is 0 Å². The maximum absolute atomic E-state index is 12.1. The molecule has 0 aliphatic rings. The number of rotatable bonds is 6. The third-order valence-electron chi connectivity index (χ3n) is 3.39. The first-order chi connectivity index (χ1) is 10.6. The first-order valence-corrected chi connectivity index (χ1v) is 7.75. The zero-order valence-corrected chi connectivity index (χ0v) is 13.6. The summed E-state index contributed by atoms with van der Waals surface area (Å²) in [7, 11) is 2.09. The van der Waals surface area contributed by atoms with Gasteiger partial charge in [-0.25, -0.2) is 4.79 Å². The minimum atomic E-state index is -0.370. The second-order valence-electron chi connectivity index (χ2n) is 5.52. The third kappa shape index (κ3) is 4.86. The van der Waals surface area contributed by atoms with Crippen molar-refractivity contribution in [1.29, 1.82) is 0 Å². The molecule has 0 aromatic heterocycles. The van der Waals surface area contributed by atoms with Gasteiger partial charge in [-0.15, -0.1) is 0 Å². The Morgan fingerprint density at radius 1 is 1.14 bits per heavy atom. The van der Waals surface area contributed by atoms with E-state index < -0.39 is 0 Å². The number of nitrogens with one attached hydrogen (secondary N) is 1. The van der Waals surface area contributed by atoms with Gasteiger partial charge < -0.3 is 9.64 Å². The summed E-state index contributed by atoms with van der Waals surface area (Å²) in [6, 6.07) is 17.2. The van der Waals surface area contributed by atoms with E-state index >= 15 is 0 Å². The quantitative estimate of drug-likeness (QED) is 0.830. The Labute approximate surface area is 136 Å². The van der Waals surface area contributed by atoms with Gasteiger partial charge in [-0.05, 0) is 19.1 Å². The second-order valence-corrected chi connectivity index (χ2v) is 5.93. The summed E-state index contributed by atoms with van der Waals surface area (Å²) in [5, 5.41) is 0.421. The molecule has 2 aromatic carbocycles. The molecular weight excluding hydrogens is 298 g/mol. The molecule has 2 aromatic rings. The average molecular weight is 319 g/mol. The predicted molar refractivity (Wildman–Crippen MR) is 88.2 cm³/mol. The van der Waals surface area contributed by atoms with Gasteiger partial charge in [0.05, 0.1) is 17.6 Å². The number of ether oxygens (including phenoxy) is 1. The third-order valence-corrected chi connectivity index (χ3v) is 3.72. The van der Waals surface area contributed by atoms with Gasteiger partial charge in [-0.3, -0.25) is 0 Å². The summed E-state index contributed by atoms with van der Waals surface area (Å²) in [5.74, 6) is -0.370. The highest BCUT2D eigenvalue weighted by Crippen LogP contribution is 2.16. The summed E-state index contributed by atoms with van der Waals surface area (Å²) in [4.78, 5) is 13.4. The maximum atomic E-state index is 12.1. The number of carbonyl (C=O) groups excluding carboxylic acids is 1. The fourth-order valence-electron chi connectivity index (χ4n) is 2.42. The SMILES string of the molecule is C[C@@H](C[NH+](C)Cc1ccccc1)OC(=O)c1ccccc1Cl. The summed E-state index contributed by atoms with van der Waals surface area (Å²) >= 11 is 6.01. The molecule has 0 saturated carbocycles. The average Bonchev–Trinajstić information content (AvgIpc) is 2.48. The van der Waals surface area contributed by atoms with Crippen LogP contribution in [0.15, 0.2) is 54.6 Å². The van der Waals surface area contributed by atoms with E-state index in [2.05, 4.69) is 19.2 Å². The molecule has 3 nitrogen and oxygen atoms in total. The highest BCUT2D eigenvalue weighted by molar-refractivity contribution is 6.33. The fraction of sp³-hybridized carbons (Fsp3) is 0.278. The topological polar surface area (TPSA) is 30.7 Å². The van der Waals surface area contributed by atoms with Gasteiger partial charge in [0.15, 0.2) is 0 Å². The molecule has 22 heavy (non-hydrogen) atoms. The molecule has 1 N–H and O–H groups in total. The van der Waals surface area contributed by atoms with Crippen LogP contribution < -0.4 is 4.90 Å². The van der Waals surface area contributed by atoms with E-state index in [0.29, 0.717) is 10.6 Å². The summed E-state index contributed by atoms with van der Waals surface area (Å²) in [5.41, 5.74) is 1.68. The van der Waals surface area contributed by atoms with Gasteiger partial charge in [-0.2, -0.15) is 0 Å². The molecular formula is C18H21ClNO2+. The highest BCUT2D eigenvalue weighted by atomic mass is 35.5. The number of likely N-dealkylation sites (N-methyl/N-ethyl adjacent to an activating group) is 1. The van der Waals surface area contributed by atoms with Gasteiger partial charge in [0.1, 0.15) is 19.2 Å². The van der Waals surface area contributed by atoms with Gasteiger partial charge in [0, 0.05) is 5.56 Å². The normalized spacial score (nSPS) is 13.4. The largest absolute Gasteiger partial charge is 0.453 e. The maximum Gasteiger partial charge on any atom is 0.340 e. The first kappa shape index (κ1) is 16.5. The molecule has 0 amide bonds. The standard InChI is InChI=1S/C18H20ClNO2/c1-14(12-20(2)13-15-8-4-3-5-9-15)22-18(21)16-10-6-7-11-17(16)19/h3-11,14H,12-13H2,1-2H3/p+1/t14-/m0/s1. The predicted octanol–water partition coefficient (Wildman–Crippen LogP) is 2.60. The van der Waals surface area contributed by atoms with E-state index in [4.69, 9.17) is 16.3 Å². The number of esters is 1. The van der Waals surface area contributed by atoms with E-state index in [-0.39, 0.29) is 12.1 Å². The Kier molecular flexibility index (Phi) is 5.99. The van der Waals surface area contributed by atoms with Crippen LogP contribution in [0.3, 0.4) is 0 Å². The number of quaternary nitrogens is 1. The van der Waals surface area contributed by atoms with Crippen molar-refractivity contribution < 1.29 is 14.4 Å². The molecule has 0 saturated heterocycles. The second kappa shape index (κ2) is 7.97. The molecule has 116 valence electrons. The Morgan fingerprint density at radius 2 is 1.77 bits per heavy atom. The fourth-order valence-corrected chi connectivity index (χ4v) is 2.63. The Morgan fingerprint density at radius 3 is 2.45 bits per heavy atom. The minimum absolute atomic E-state index is 0.174. The number of hydrogen-bond acceptors (Lipinski definition) is 2. The monoisotopic (exact) mass is 318 g/mol. The van der Waals surface area contributed by atoms with Crippen molar-refractivity contribution in [3.63, 3.8) is 0 Å². The lowest BCUT2D eigenvalue weighted by molar-refractivity contribution is -0.896. The molecule has 0 bridgehead atoms. The van der Waals surface area contributed by atoms with Crippen LogP contribution in [-0.2, 0) is 11.3 Å². The molecule has 2 rings (SSSR count). The van der Waals surface area contributed by atoms with Crippen molar-refractivity contribution in [2.45, 2.75) is 19.6 Å². The number of benzene rings is 2. The van der Waals surface area contributed by atoms with E-state index in [1.54, 1.807) is 24.3 Å². The van der Waals surface area contributed by atoms with Crippen LogP contribution in [0.1, 0.15) is 22.8 Å². The molecule has 4 heteroatoms. The van der Waals surface area contributed by atoms with Crippen LogP contribution in [0.4, 0.5) is 0 Å². The van der Waals surface area contributed by atoms with Crippen LogP contribution >= 0.6 is 11.6 Å². The van der Waals surface area contributed by atoms with Crippen LogP contribution in [-0.4, -0.2) is 25.7 Å². The van der Waals surface area contributed by atoms with E-state index in [1.807, 2.05) is 25.1 Å². The number of carbonyl (C=O) groups is 1. The zero-order chi connectivity index (χ0) is 15.9. The van der Waals surface area contributed by atoms with Gasteiger partial charge in [0.2, 0.25) is 0 Å². The van der Waals surface area contributed by atoms with Crippen molar-refractivity contribution in [3.05, 3.63) is 70.7 Å². The molecule has 0 spiro atoms. The summed E-state index contributed by atoms with van der Waals surface area (Å²) in [6.45, 7) is 3.54. The van der Waals surface area contributed by atoms with E-state index in [0.717, 1.165) is 13.1 Å². The first-order valence-electron chi connectivity index (χ1n) is 7.37. The Hall–Kier alpha value is -1.84. The lowest BCUT2D eigenvalue weighted by Gasteiger charge is -2.19. The van der Waals surface area contributed by atoms with Gasteiger partial charge in [-0.1, -0.05) is 54.1 Å². The Bertz CT molecular complexity index is 615.